The fourth-order valence-corrected chi connectivity index (χ4v) is 3.45. The highest BCUT2D eigenvalue weighted by molar-refractivity contribution is 8.15. The zero-order chi connectivity index (χ0) is 20.6. The van der Waals surface area contributed by atoms with Crippen LogP contribution in [0.3, 0.4) is 0 Å². The Bertz CT molecular complexity index is 944. The van der Waals surface area contributed by atoms with Crippen molar-refractivity contribution in [3.63, 3.8) is 0 Å². The van der Waals surface area contributed by atoms with Crippen molar-refractivity contribution < 1.29 is 19.4 Å². The summed E-state index contributed by atoms with van der Waals surface area (Å²) in [6.07, 6.45) is 1.48. The number of anilines is 1. The molecule has 29 heavy (non-hydrogen) atoms. The second-order valence-electron chi connectivity index (χ2n) is 6.05. The highest BCUT2D eigenvalue weighted by Gasteiger charge is 2.32. The molecule has 150 valence electrons. The van der Waals surface area contributed by atoms with Crippen LogP contribution in [0.4, 0.5) is 5.69 Å². The number of rotatable bonds is 7. The van der Waals surface area contributed by atoms with E-state index in [0.29, 0.717) is 23.0 Å². The van der Waals surface area contributed by atoms with Gasteiger partial charge in [-0.3, -0.25) is 9.59 Å². The normalized spacial score (nSPS) is 17.5. The van der Waals surface area contributed by atoms with E-state index in [1.165, 1.54) is 12.3 Å². The Morgan fingerprint density at radius 1 is 1.31 bits per heavy atom. The molecule has 1 saturated heterocycles. The van der Waals surface area contributed by atoms with Crippen LogP contribution >= 0.6 is 11.8 Å². The van der Waals surface area contributed by atoms with Crippen LogP contribution in [-0.2, 0) is 9.59 Å². The van der Waals surface area contributed by atoms with Gasteiger partial charge in [0.15, 0.2) is 5.17 Å². The van der Waals surface area contributed by atoms with E-state index in [-0.39, 0.29) is 24.0 Å². The largest absolute Gasteiger partial charge is 0.508 e. The Morgan fingerprint density at radius 3 is 2.83 bits per heavy atom. The summed E-state index contributed by atoms with van der Waals surface area (Å²) < 4.78 is 5.36. The molecule has 0 bridgehead atoms. The molecule has 0 unspecified atom stereocenters. The second-order valence-corrected chi connectivity index (χ2v) is 7.24. The van der Waals surface area contributed by atoms with Gasteiger partial charge in [-0.15, -0.1) is 5.10 Å². The van der Waals surface area contributed by atoms with Gasteiger partial charge in [0.05, 0.1) is 12.8 Å². The number of amidine groups is 1. The third-order valence-corrected chi connectivity index (χ3v) is 4.89. The molecule has 1 aliphatic rings. The van der Waals surface area contributed by atoms with Crippen LogP contribution < -0.4 is 15.4 Å². The number of thioether (sulfide) groups is 1. The van der Waals surface area contributed by atoms with E-state index in [9.17, 15) is 14.7 Å². The summed E-state index contributed by atoms with van der Waals surface area (Å²) in [5.41, 5.74) is 1.31. The van der Waals surface area contributed by atoms with Gasteiger partial charge < -0.3 is 20.5 Å². The molecule has 2 aromatic rings. The highest BCUT2D eigenvalue weighted by atomic mass is 32.2. The Morgan fingerprint density at radius 2 is 2.10 bits per heavy atom. The van der Waals surface area contributed by atoms with Gasteiger partial charge in [0.1, 0.15) is 16.7 Å². The Labute approximate surface area is 172 Å². The minimum Gasteiger partial charge on any atom is -0.508 e. The molecule has 0 saturated carbocycles. The summed E-state index contributed by atoms with van der Waals surface area (Å²) in [7, 11) is 0. The average Bonchev–Trinajstić information content (AvgIpc) is 3.03. The number of ether oxygens (including phenoxy) is 1. The van der Waals surface area contributed by atoms with Crippen molar-refractivity contribution in [1.29, 1.82) is 0 Å². The van der Waals surface area contributed by atoms with Crippen molar-refractivity contribution in [1.82, 2.24) is 5.32 Å². The summed E-state index contributed by atoms with van der Waals surface area (Å²) >= 11 is 1.15. The van der Waals surface area contributed by atoms with Crippen LogP contribution in [0.1, 0.15) is 18.9 Å². The van der Waals surface area contributed by atoms with Crippen LogP contribution in [0.5, 0.6) is 11.5 Å². The molecule has 0 aliphatic carbocycles. The van der Waals surface area contributed by atoms with Gasteiger partial charge in [-0.2, -0.15) is 5.10 Å². The van der Waals surface area contributed by atoms with Gasteiger partial charge in [-0.25, -0.2) is 0 Å². The molecular formula is C20H20N4O4S. The van der Waals surface area contributed by atoms with Gasteiger partial charge in [0, 0.05) is 12.1 Å². The minimum atomic E-state index is -0.576. The Kier molecular flexibility index (Phi) is 6.85. The predicted molar refractivity (Wildman–Crippen MR) is 114 cm³/mol. The maximum absolute atomic E-state index is 12.2. The van der Waals surface area contributed by atoms with Crippen molar-refractivity contribution >= 4 is 40.6 Å². The maximum Gasteiger partial charge on any atom is 0.240 e. The number of benzene rings is 2. The van der Waals surface area contributed by atoms with Gasteiger partial charge in [-0.05, 0) is 48.9 Å². The Hall–Kier alpha value is -3.33. The quantitative estimate of drug-likeness (QED) is 0.478. The van der Waals surface area contributed by atoms with E-state index in [4.69, 9.17) is 4.74 Å². The molecule has 3 N–H and O–H groups in total. The number of nitrogens with one attached hydrogen (secondary N) is 2. The van der Waals surface area contributed by atoms with E-state index < -0.39 is 5.25 Å². The number of carbonyl (C=O) groups is 2. The first kappa shape index (κ1) is 20.4. The number of hydrogen-bond acceptors (Lipinski definition) is 7. The molecule has 0 spiro atoms. The summed E-state index contributed by atoms with van der Waals surface area (Å²) in [4.78, 5) is 24.3. The number of amides is 2. The summed E-state index contributed by atoms with van der Waals surface area (Å²) in [5.74, 6) is 0.293. The van der Waals surface area contributed by atoms with Gasteiger partial charge in [0.25, 0.3) is 0 Å². The number of aromatic hydroxyl groups is 1. The molecule has 0 aromatic heterocycles. The first-order valence-corrected chi connectivity index (χ1v) is 9.81. The first-order valence-electron chi connectivity index (χ1n) is 8.94. The average molecular weight is 412 g/mol. The molecule has 3 rings (SSSR count). The summed E-state index contributed by atoms with van der Waals surface area (Å²) in [6, 6.07) is 13.6. The maximum atomic E-state index is 12.2. The molecule has 8 nitrogen and oxygen atoms in total. The topological polar surface area (TPSA) is 112 Å². The molecule has 1 heterocycles. The smallest absolute Gasteiger partial charge is 0.240 e. The number of carbonyl (C=O) groups excluding carboxylic acids is 2. The number of phenolic OH excluding ortho intramolecular Hbond substituents is 1. The lowest BCUT2D eigenvalue weighted by Crippen LogP contribution is -2.28. The summed E-state index contributed by atoms with van der Waals surface area (Å²) in [5, 5.41) is 22.4. The van der Waals surface area contributed by atoms with Gasteiger partial charge in [-0.1, -0.05) is 23.9 Å². The lowest BCUT2D eigenvalue weighted by atomic mass is 10.2. The van der Waals surface area contributed by atoms with Crippen LogP contribution in [0, 0.1) is 0 Å². The fraction of sp³-hybridized carbons (Fsp3) is 0.200. The molecule has 1 aliphatic heterocycles. The van der Waals surface area contributed by atoms with Crippen molar-refractivity contribution in [2.45, 2.75) is 18.6 Å². The third-order valence-electron chi connectivity index (χ3n) is 3.82. The van der Waals surface area contributed by atoms with Crippen LogP contribution in [0.2, 0.25) is 0 Å². The van der Waals surface area contributed by atoms with Crippen molar-refractivity contribution in [3.05, 3.63) is 54.1 Å². The van der Waals surface area contributed by atoms with Crippen LogP contribution in [-0.4, -0.2) is 40.2 Å². The minimum absolute atomic E-state index is 0.0129. The van der Waals surface area contributed by atoms with E-state index in [1.807, 2.05) is 6.92 Å². The standard InChI is InChI=1S/C20H20N4O4S/c1-2-28-16-8-6-14(7-9-16)22-18(26)11-17-19(27)23-20(29-17)24-21-12-13-4-3-5-15(25)10-13/h3-10,12,17,25H,2,11H2,1H3,(H,22,26)(H,23,24,27)/t17-/m0/s1. The zero-order valence-corrected chi connectivity index (χ0v) is 16.5. The molecule has 1 fully saturated rings. The second kappa shape index (κ2) is 9.74. The van der Waals surface area contributed by atoms with Gasteiger partial charge in [0.2, 0.25) is 11.8 Å². The molecule has 2 amide bonds. The van der Waals surface area contributed by atoms with E-state index in [1.54, 1.807) is 42.5 Å². The van der Waals surface area contributed by atoms with E-state index >= 15 is 0 Å². The number of nitrogens with zero attached hydrogens (tertiary/aromatic N) is 2. The fourth-order valence-electron chi connectivity index (χ4n) is 2.52. The molecule has 0 radical (unpaired) electrons. The molecule has 9 heteroatoms. The van der Waals surface area contributed by atoms with Crippen molar-refractivity contribution in [2.75, 3.05) is 11.9 Å². The number of hydrogen-bond donors (Lipinski definition) is 3. The lowest BCUT2D eigenvalue weighted by molar-refractivity contribution is -0.122. The van der Waals surface area contributed by atoms with Crippen LogP contribution in [0.25, 0.3) is 0 Å². The zero-order valence-electron chi connectivity index (χ0n) is 15.7. The predicted octanol–water partition coefficient (Wildman–Crippen LogP) is 2.74. The monoisotopic (exact) mass is 412 g/mol. The molecular weight excluding hydrogens is 392 g/mol. The van der Waals surface area contributed by atoms with Crippen LogP contribution in [0.15, 0.2) is 58.7 Å². The molecule has 1 atom stereocenters. The van der Waals surface area contributed by atoms with Crippen molar-refractivity contribution in [3.8, 4) is 11.5 Å². The van der Waals surface area contributed by atoms with E-state index in [0.717, 1.165) is 17.5 Å². The SMILES string of the molecule is CCOc1ccc(NC(=O)C[C@@H]2S/C(=N/N=Cc3cccc(O)c3)NC2=O)cc1. The molecule has 2 aromatic carbocycles. The number of phenols is 1. The van der Waals surface area contributed by atoms with E-state index in [2.05, 4.69) is 20.8 Å². The third kappa shape index (κ3) is 6.08. The summed E-state index contributed by atoms with van der Waals surface area (Å²) in [6.45, 7) is 2.47. The van der Waals surface area contributed by atoms with Gasteiger partial charge >= 0.3 is 0 Å². The Balaban J connectivity index is 1.52. The first-order chi connectivity index (χ1) is 14.0. The highest BCUT2D eigenvalue weighted by Crippen LogP contribution is 2.23. The van der Waals surface area contributed by atoms with Crippen molar-refractivity contribution in [2.24, 2.45) is 10.2 Å². The lowest BCUT2D eigenvalue weighted by Gasteiger charge is -2.08.